The average Bonchev–Trinajstić information content (AvgIpc) is 2.88. The normalized spacial score (nSPS) is 21.4. The molecule has 1 aromatic heterocycles. The molecule has 0 aromatic carbocycles. The van der Waals surface area contributed by atoms with Crippen molar-refractivity contribution in [2.45, 2.75) is 31.6 Å². The Kier molecular flexibility index (Phi) is 3.79. The van der Waals surface area contributed by atoms with Crippen LogP contribution >= 0.6 is 0 Å². The minimum Gasteiger partial charge on any atom is -0.396 e. The maximum atomic E-state index is 12.0. The van der Waals surface area contributed by atoms with E-state index in [-0.39, 0.29) is 23.9 Å². The van der Waals surface area contributed by atoms with Gasteiger partial charge < -0.3 is 11.1 Å². The Morgan fingerprint density at radius 3 is 2.95 bits per heavy atom. The van der Waals surface area contributed by atoms with Crippen LogP contribution in [-0.4, -0.2) is 41.7 Å². The summed E-state index contributed by atoms with van der Waals surface area (Å²) in [5.74, 6) is -0.165. The van der Waals surface area contributed by atoms with Gasteiger partial charge in [-0.3, -0.25) is 9.48 Å². The number of sulfone groups is 1. The van der Waals surface area contributed by atoms with E-state index in [1.165, 1.54) is 10.9 Å². The van der Waals surface area contributed by atoms with Crippen LogP contribution in [0.4, 0.5) is 5.69 Å². The van der Waals surface area contributed by atoms with Crippen LogP contribution in [0.1, 0.15) is 30.3 Å². The van der Waals surface area contributed by atoms with Crippen LogP contribution in [0.2, 0.25) is 0 Å². The summed E-state index contributed by atoms with van der Waals surface area (Å²) >= 11 is 0. The summed E-state index contributed by atoms with van der Waals surface area (Å²) in [5.41, 5.74) is 6.28. The van der Waals surface area contributed by atoms with Gasteiger partial charge in [0.1, 0.15) is 5.69 Å². The second-order valence-corrected chi connectivity index (χ2v) is 7.01. The lowest BCUT2D eigenvalue weighted by molar-refractivity contribution is 0.0944. The van der Waals surface area contributed by atoms with Crippen LogP contribution in [0.3, 0.4) is 0 Å². The van der Waals surface area contributed by atoms with E-state index in [0.717, 1.165) is 0 Å². The molecular weight excluding hydrogens is 268 g/mol. The first kappa shape index (κ1) is 13.9. The molecule has 1 fully saturated rings. The van der Waals surface area contributed by atoms with Crippen molar-refractivity contribution >= 4 is 21.4 Å². The molecule has 2 heterocycles. The molecule has 106 valence electrons. The molecule has 7 nitrogen and oxygen atoms in total. The molecule has 1 aliphatic heterocycles. The Hall–Kier alpha value is -1.57. The summed E-state index contributed by atoms with van der Waals surface area (Å²) in [5, 5.41) is 6.14. The summed E-state index contributed by atoms with van der Waals surface area (Å²) in [7, 11) is -3.05. The summed E-state index contributed by atoms with van der Waals surface area (Å²) in [6.07, 6.45) is 2.69. The number of rotatable bonds is 4. The fraction of sp³-hybridized carbons (Fsp3) is 0.636. The summed E-state index contributed by atoms with van der Waals surface area (Å²) in [4.78, 5) is 12.0. The minimum absolute atomic E-state index is 0.134. The third-order valence-corrected chi connectivity index (χ3v) is 5.61. The highest BCUT2D eigenvalue weighted by Crippen LogP contribution is 2.19. The zero-order chi connectivity index (χ0) is 14.0. The molecule has 1 saturated heterocycles. The van der Waals surface area contributed by atoms with Crippen molar-refractivity contribution in [3.63, 3.8) is 0 Å². The van der Waals surface area contributed by atoms with Crippen molar-refractivity contribution in [3.05, 3.63) is 11.9 Å². The first-order valence-electron chi connectivity index (χ1n) is 6.26. The number of carbonyl (C=O) groups excluding carboxylic acids is 1. The van der Waals surface area contributed by atoms with Gasteiger partial charge in [-0.25, -0.2) is 8.42 Å². The number of amides is 1. The van der Waals surface area contributed by atoms with Gasteiger partial charge in [-0.1, -0.05) is 0 Å². The first-order chi connectivity index (χ1) is 8.95. The number of nitrogen functional groups attached to an aromatic ring is 1. The zero-order valence-corrected chi connectivity index (χ0v) is 11.6. The smallest absolute Gasteiger partial charge is 0.271 e. The lowest BCUT2D eigenvalue weighted by atomic mass is 10.2. The topological polar surface area (TPSA) is 107 Å². The summed E-state index contributed by atoms with van der Waals surface area (Å²) in [6, 6.07) is 0. The SMILES string of the molecule is CCn1ncc(N)c1C(=O)NCC1CCCS1(=O)=O. The van der Waals surface area contributed by atoms with Crippen LogP contribution in [0, 0.1) is 0 Å². The Labute approximate surface area is 112 Å². The van der Waals surface area contributed by atoms with E-state index in [1.807, 2.05) is 6.92 Å². The standard InChI is InChI=1S/C11H18N4O3S/c1-2-15-10(9(12)7-14-15)11(16)13-6-8-4-3-5-19(8,17)18/h7-8H,2-6,12H2,1H3,(H,13,16). The highest BCUT2D eigenvalue weighted by Gasteiger charge is 2.31. The third-order valence-electron chi connectivity index (χ3n) is 3.34. The number of nitrogens with two attached hydrogens (primary N) is 1. The molecule has 19 heavy (non-hydrogen) atoms. The van der Waals surface area contributed by atoms with Crippen molar-refractivity contribution in [2.75, 3.05) is 18.0 Å². The van der Waals surface area contributed by atoms with Crippen LogP contribution in [-0.2, 0) is 16.4 Å². The summed E-state index contributed by atoms with van der Waals surface area (Å²) in [6.45, 7) is 2.52. The monoisotopic (exact) mass is 286 g/mol. The van der Waals surface area contributed by atoms with Gasteiger partial charge in [0.25, 0.3) is 5.91 Å². The Bertz CT molecular complexity index is 579. The van der Waals surface area contributed by atoms with Gasteiger partial charge in [0.2, 0.25) is 0 Å². The van der Waals surface area contributed by atoms with Crippen LogP contribution < -0.4 is 11.1 Å². The summed E-state index contributed by atoms with van der Waals surface area (Å²) < 4.78 is 24.8. The Morgan fingerprint density at radius 1 is 1.63 bits per heavy atom. The number of nitrogens with one attached hydrogen (secondary N) is 1. The molecule has 0 aliphatic carbocycles. The molecular formula is C11H18N4O3S. The van der Waals surface area contributed by atoms with E-state index < -0.39 is 15.1 Å². The minimum atomic E-state index is -3.05. The molecule has 0 bridgehead atoms. The van der Waals surface area contributed by atoms with Crippen molar-refractivity contribution in [1.29, 1.82) is 0 Å². The first-order valence-corrected chi connectivity index (χ1v) is 7.98. The lowest BCUT2D eigenvalue weighted by Gasteiger charge is -2.11. The number of aromatic nitrogens is 2. The lowest BCUT2D eigenvalue weighted by Crippen LogP contribution is -2.35. The fourth-order valence-electron chi connectivity index (χ4n) is 2.27. The highest BCUT2D eigenvalue weighted by molar-refractivity contribution is 7.92. The molecule has 0 saturated carbocycles. The molecule has 1 aromatic rings. The van der Waals surface area contributed by atoms with Crippen molar-refractivity contribution in [1.82, 2.24) is 15.1 Å². The Morgan fingerprint density at radius 2 is 2.37 bits per heavy atom. The molecule has 1 amide bonds. The van der Waals surface area contributed by atoms with E-state index in [4.69, 9.17) is 5.73 Å². The number of anilines is 1. The molecule has 1 aliphatic rings. The number of nitrogens with zero attached hydrogens (tertiary/aromatic N) is 2. The highest BCUT2D eigenvalue weighted by atomic mass is 32.2. The second-order valence-electron chi connectivity index (χ2n) is 4.61. The molecule has 1 unspecified atom stereocenters. The number of carbonyl (C=O) groups is 1. The second kappa shape index (κ2) is 5.20. The van der Waals surface area contributed by atoms with E-state index in [2.05, 4.69) is 10.4 Å². The molecule has 8 heteroatoms. The van der Waals surface area contributed by atoms with Gasteiger partial charge >= 0.3 is 0 Å². The van der Waals surface area contributed by atoms with Crippen molar-refractivity contribution in [2.24, 2.45) is 0 Å². The van der Waals surface area contributed by atoms with Crippen LogP contribution in [0.25, 0.3) is 0 Å². The molecule has 0 radical (unpaired) electrons. The zero-order valence-electron chi connectivity index (χ0n) is 10.8. The van der Waals surface area contributed by atoms with E-state index in [0.29, 0.717) is 25.1 Å². The number of hydrogen-bond donors (Lipinski definition) is 2. The fourth-order valence-corrected chi connectivity index (χ4v) is 4.03. The molecule has 3 N–H and O–H groups in total. The van der Waals surface area contributed by atoms with Crippen molar-refractivity contribution in [3.8, 4) is 0 Å². The van der Waals surface area contributed by atoms with E-state index in [1.54, 1.807) is 0 Å². The van der Waals surface area contributed by atoms with Gasteiger partial charge in [-0.15, -0.1) is 0 Å². The maximum absolute atomic E-state index is 12.0. The number of hydrogen-bond acceptors (Lipinski definition) is 5. The predicted octanol–water partition coefficient (Wildman–Crippen LogP) is -0.208. The molecule has 2 rings (SSSR count). The largest absolute Gasteiger partial charge is 0.396 e. The quantitative estimate of drug-likeness (QED) is 0.796. The third kappa shape index (κ3) is 2.73. The van der Waals surface area contributed by atoms with E-state index in [9.17, 15) is 13.2 Å². The van der Waals surface area contributed by atoms with Crippen LogP contribution in [0.5, 0.6) is 0 Å². The predicted molar refractivity (Wildman–Crippen MR) is 71.5 cm³/mol. The van der Waals surface area contributed by atoms with Gasteiger partial charge in [-0.2, -0.15) is 5.10 Å². The van der Waals surface area contributed by atoms with Gasteiger partial charge in [0.15, 0.2) is 9.84 Å². The van der Waals surface area contributed by atoms with E-state index >= 15 is 0 Å². The Balaban J connectivity index is 2.04. The van der Waals surface area contributed by atoms with Gasteiger partial charge in [0, 0.05) is 13.1 Å². The number of aryl methyl sites for hydroxylation is 1. The van der Waals surface area contributed by atoms with Gasteiger partial charge in [0.05, 0.1) is 22.9 Å². The maximum Gasteiger partial charge on any atom is 0.271 e. The molecule has 0 spiro atoms. The molecule has 1 atom stereocenters. The average molecular weight is 286 g/mol. The van der Waals surface area contributed by atoms with Crippen LogP contribution in [0.15, 0.2) is 6.20 Å². The van der Waals surface area contributed by atoms with Crippen molar-refractivity contribution < 1.29 is 13.2 Å². The van der Waals surface area contributed by atoms with Gasteiger partial charge in [-0.05, 0) is 19.8 Å².